The predicted molar refractivity (Wildman–Crippen MR) is 77.1 cm³/mol. The molecule has 1 aliphatic rings. The third-order valence-corrected chi connectivity index (χ3v) is 4.10. The highest BCUT2D eigenvalue weighted by molar-refractivity contribution is 7.46. The standard InChI is InChI=1S/C11H16N5O6P/c1-15-5-16(9-8(15)10(17)14-11(12)13-9)7-3-2-6(22-7)4-21-23(18,19)20/h5-7H,2-4H2,1H3,(H4-,12,13,14,17,18,19,20)/p+1/t6-,7+/m0/s1. The monoisotopic (exact) mass is 346 g/mol. The number of H-pyrrole nitrogens is 1. The second-order valence-electron chi connectivity index (χ2n) is 5.33. The van der Waals surface area contributed by atoms with E-state index in [1.807, 2.05) is 0 Å². The van der Waals surface area contributed by atoms with Crippen molar-refractivity contribution in [2.24, 2.45) is 7.05 Å². The molecule has 126 valence electrons. The zero-order chi connectivity index (χ0) is 16.8. The number of nitrogens with two attached hydrogens (primary N) is 1. The van der Waals surface area contributed by atoms with Crippen molar-refractivity contribution in [3.63, 3.8) is 0 Å². The van der Waals surface area contributed by atoms with Gasteiger partial charge in [-0.3, -0.25) is 18.9 Å². The number of phosphoric ester groups is 1. The molecule has 2 aromatic rings. The summed E-state index contributed by atoms with van der Waals surface area (Å²) >= 11 is 0. The van der Waals surface area contributed by atoms with Crippen LogP contribution in [0, 0.1) is 0 Å². The first-order valence-corrected chi connectivity index (χ1v) is 8.39. The van der Waals surface area contributed by atoms with Gasteiger partial charge in [0.05, 0.1) is 19.8 Å². The number of fused-ring (bicyclic) bond motifs is 1. The number of phosphoric acid groups is 1. The Kier molecular flexibility index (Phi) is 3.98. The second kappa shape index (κ2) is 5.69. The van der Waals surface area contributed by atoms with Crippen molar-refractivity contribution in [2.75, 3.05) is 12.3 Å². The Morgan fingerprint density at radius 3 is 3.04 bits per heavy atom. The molecule has 1 aliphatic heterocycles. The van der Waals surface area contributed by atoms with Crippen LogP contribution < -0.4 is 15.9 Å². The first-order valence-electron chi connectivity index (χ1n) is 6.86. The number of anilines is 1. The minimum Gasteiger partial charge on any atom is -0.355 e. The highest BCUT2D eigenvalue weighted by Gasteiger charge is 2.34. The number of imidazole rings is 1. The van der Waals surface area contributed by atoms with Crippen molar-refractivity contribution in [2.45, 2.75) is 25.2 Å². The lowest BCUT2D eigenvalue weighted by Crippen LogP contribution is -2.39. The van der Waals surface area contributed by atoms with E-state index in [1.54, 1.807) is 22.5 Å². The summed E-state index contributed by atoms with van der Waals surface area (Å²) < 4.78 is 24.2. The highest BCUT2D eigenvalue weighted by Crippen LogP contribution is 2.37. The largest absolute Gasteiger partial charge is 0.469 e. The molecule has 3 heterocycles. The topological polar surface area (TPSA) is 157 Å². The lowest BCUT2D eigenvalue weighted by atomic mass is 10.2. The van der Waals surface area contributed by atoms with E-state index in [0.717, 1.165) is 0 Å². The van der Waals surface area contributed by atoms with Gasteiger partial charge in [-0.25, -0.2) is 9.13 Å². The lowest BCUT2D eigenvalue weighted by Gasteiger charge is -2.12. The summed E-state index contributed by atoms with van der Waals surface area (Å²) in [5.74, 6) is 0.00169. The van der Waals surface area contributed by atoms with E-state index in [9.17, 15) is 9.36 Å². The molecule has 0 aromatic carbocycles. The van der Waals surface area contributed by atoms with Crippen molar-refractivity contribution in [3.05, 3.63) is 16.7 Å². The Labute approximate surface area is 129 Å². The third kappa shape index (κ3) is 3.28. The summed E-state index contributed by atoms with van der Waals surface area (Å²) in [6.07, 6.45) is 1.95. The molecule has 0 amide bonds. The molecule has 0 unspecified atom stereocenters. The van der Waals surface area contributed by atoms with E-state index in [4.69, 9.17) is 20.3 Å². The number of nitrogen functional groups attached to an aromatic ring is 1. The SMILES string of the molecule is Cn1c[n+]([C@H]2CC[C@@H](COP(=O)(O)O)O2)c2nc(N)[nH]c(=O)c21. The van der Waals surface area contributed by atoms with Crippen LogP contribution in [0.2, 0.25) is 0 Å². The number of aryl methyl sites for hydroxylation is 1. The predicted octanol–water partition coefficient (Wildman–Crippen LogP) is -1.08. The summed E-state index contributed by atoms with van der Waals surface area (Å²) in [7, 11) is -2.82. The van der Waals surface area contributed by atoms with Crippen molar-refractivity contribution in [1.29, 1.82) is 0 Å². The quantitative estimate of drug-likeness (QED) is 0.402. The van der Waals surface area contributed by atoms with Crippen LogP contribution in [-0.4, -0.2) is 37.0 Å². The van der Waals surface area contributed by atoms with E-state index in [2.05, 4.69) is 14.5 Å². The van der Waals surface area contributed by atoms with Crippen LogP contribution in [0.25, 0.3) is 11.2 Å². The number of ether oxygens (including phenoxy) is 1. The van der Waals surface area contributed by atoms with E-state index in [-0.39, 0.29) is 18.1 Å². The lowest BCUT2D eigenvalue weighted by molar-refractivity contribution is -0.739. The van der Waals surface area contributed by atoms with E-state index >= 15 is 0 Å². The van der Waals surface area contributed by atoms with Gasteiger partial charge in [0.25, 0.3) is 11.5 Å². The molecule has 1 fully saturated rings. The Morgan fingerprint density at radius 2 is 2.35 bits per heavy atom. The van der Waals surface area contributed by atoms with Gasteiger partial charge in [-0.05, 0) is 6.42 Å². The summed E-state index contributed by atoms with van der Waals surface area (Å²) in [6, 6.07) is 0. The van der Waals surface area contributed by atoms with Crippen LogP contribution in [-0.2, 0) is 20.9 Å². The molecule has 0 radical (unpaired) electrons. The van der Waals surface area contributed by atoms with E-state index in [0.29, 0.717) is 24.0 Å². The van der Waals surface area contributed by atoms with Gasteiger partial charge >= 0.3 is 13.5 Å². The Hall–Kier alpha value is -1.78. The molecule has 2 atom stereocenters. The maximum absolute atomic E-state index is 12.0. The van der Waals surface area contributed by atoms with E-state index in [1.165, 1.54) is 0 Å². The number of hydrogen-bond acceptors (Lipinski definition) is 6. The van der Waals surface area contributed by atoms with Crippen LogP contribution >= 0.6 is 7.82 Å². The zero-order valence-corrected chi connectivity index (χ0v) is 13.1. The summed E-state index contributed by atoms with van der Waals surface area (Å²) in [4.78, 5) is 36.0. The molecule has 0 spiro atoms. The van der Waals surface area contributed by atoms with Crippen LogP contribution in [0.1, 0.15) is 19.1 Å². The Balaban J connectivity index is 1.85. The normalized spacial score (nSPS) is 22.0. The van der Waals surface area contributed by atoms with Crippen molar-refractivity contribution in [1.82, 2.24) is 14.5 Å². The van der Waals surface area contributed by atoms with E-state index < -0.39 is 20.2 Å². The first-order chi connectivity index (χ1) is 10.7. The maximum atomic E-state index is 12.0. The molecule has 5 N–H and O–H groups in total. The Bertz CT molecular complexity index is 841. The third-order valence-electron chi connectivity index (χ3n) is 3.61. The van der Waals surface area contributed by atoms with Crippen molar-refractivity contribution in [3.8, 4) is 0 Å². The fraction of sp³-hybridized carbons (Fsp3) is 0.545. The first kappa shape index (κ1) is 16.1. The minimum absolute atomic E-state index is 0.00169. The smallest absolute Gasteiger partial charge is 0.355 e. The molecule has 3 rings (SSSR count). The molecule has 0 aliphatic carbocycles. The zero-order valence-electron chi connectivity index (χ0n) is 12.2. The number of aromatic nitrogens is 4. The molecule has 23 heavy (non-hydrogen) atoms. The molecule has 12 heteroatoms. The van der Waals surface area contributed by atoms with Gasteiger partial charge < -0.3 is 20.3 Å². The van der Waals surface area contributed by atoms with Gasteiger partial charge in [-0.2, -0.15) is 0 Å². The number of nitrogens with one attached hydrogen (secondary N) is 1. The van der Waals surface area contributed by atoms with Gasteiger partial charge in [-0.1, -0.05) is 4.98 Å². The number of nitrogens with zero attached hydrogens (tertiary/aromatic N) is 3. The second-order valence-corrected chi connectivity index (χ2v) is 6.57. The van der Waals surface area contributed by atoms with Gasteiger partial charge in [0.2, 0.25) is 5.52 Å². The van der Waals surface area contributed by atoms with Crippen LogP contribution in [0.5, 0.6) is 0 Å². The fourth-order valence-electron chi connectivity index (χ4n) is 2.67. The van der Waals surface area contributed by atoms with Gasteiger partial charge in [0, 0.05) is 6.42 Å². The molecule has 0 saturated carbocycles. The number of rotatable bonds is 4. The summed E-state index contributed by atoms with van der Waals surface area (Å²) in [5, 5.41) is 0. The fourth-order valence-corrected chi connectivity index (χ4v) is 3.03. The molecule has 0 bridgehead atoms. The average molecular weight is 346 g/mol. The van der Waals surface area contributed by atoms with Crippen LogP contribution in [0.15, 0.2) is 11.1 Å². The summed E-state index contributed by atoms with van der Waals surface area (Å²) in [5.41, 5.74) is 5.98. The molecule has 1 saturated heterocycles. The van der Waals surface area contributed by atoms with Crippen LogP contribution in [0.4, 0.5) is 5.95 Å². The van der Waals surface area contributed by atoms with Gasteiger partial charge in [0.1, 0.15) is 0 Å². The minimum atomic E-state index is -4.52. The molecular weight excluding hydrogens is 329 g/mol. The number of aromatic amines is 1. The Morgan fingerprint density at radius 1 is 1.61 bits per heavy atom. The maximum Gasteiger partial charge on any atom is 0.469 e. The molecular formula is C11H17N5O6P+. The van der Waals surface area contributed by atoms with Crippen molar-refractivity contribution < 1.29 is 28.2 Å². The van der Waals surface area contributed by atoms with Gasteiger partial charge in [-0.15, -0.1) is 0 Å². The number of hydrogen-bond donors (Lipinski definition) is 4. The highest BCUT2D eigenvalue weighted by atomic mass is 31.2. The summed E-state index contributed by atoms with van der Waals surface area (Å²) in [6.45, 7) is -0.206. The molecule has 2 aromatic heterocycles. The average Bonchev–Trinajstić information content (AvgIpc) is 3.00. The van der Waals surface area contributed by atoms with Crippen molar-refractivity contribution >= 4 is 24.9 Å². The van der Waals surface area contributed by atoms with Crippen LogP contribution in [0.3, 0.4) is 0 Å². The van der Waals surface area contributed by atoms with Gasteiger partial charge in [0.15, 0.2) is 12.6 Å². The molecule has 11 nitrogen and oxygen atoms in total.